The Bertz CT molecular complexity index is 1250. The van der Waals surface area contributed by atoms with Crippen LogP contribution in [0.2, 0.25) is 0 Å². The molecule has 0 spiro atoms. The van der Waals surface area contributed by atoms with Crippen LogP contribution in [0.5, 0.6) is 5.75 Å². The summed E-state index contributed by atoms with van der Waals surface area (Å²) < 4.78 is 51.1. The van der Waals surface area contributed by atoms with Crippen LogP contribution in [-0.4, -0.2) is 46.4 Å². The predicted octanol–water partition coefficient (Wildman–Crippen LogP) is 4.68. The summed E-state index contributed by atoms with van der Waals surface area (Å²) in [6, 6.07) is 11.6. The lowest BCUT2D eigenvalue weighted by Crippen LogP contribution is -2.44. The summed E-state index contributed by atoms with van der Waals surface area (Å²) in [5.74, 6) is -1.72. The zero-order chi connectivity index (χ0) is 25.9. The van der Waals surface area contributed by atoms with E-state index in [-0.39, 0.29) is 5.56 Å². The van der Waals surface area contributed by atoms with E-state index in [1.165, 1.54) is 0 Å². The molecule has 1 unspecified atom stereocenters. The van der Waals surface area contributed by atoms with Gasteiger partial charge in [0.15, 0.2) is 17.4 Å². The third kappa shape index (κ3) is 4.97. The van der Waals surface area contributed by atoms with E-state index >= 15 is 4.39 Å². The lowest BCUT2D eigenvalue weighted by atomic mass is 9.72. The van der Waals surface area contributed by atoms with E-state index < -0.39 is 35.6 Å². The number of halogens is 3. The minimum absolute atomic E-state index is 0.299. The van der Waals surface area contributed by atoms with Gasteiger partial charge in [-0.15, -0.1) is 0 Å². The van der Waals surface area contributed by atoms with Crippen LogP contribution >= 0.6 is 0 Å². The molecule has 1 aromatic heterocycles. The monoisotopic (exact) mass is 498 g/mol. The lowest BCUT2D eigenvalue weighted by Gasteiger charge is -2.42. The van der Waals surface area contributed by atoms with Crippen molar-refractivity contribution in [3.63, 3.8) is 0 Å². The molecule has 0 bridgehead atoms. The normalized spacial score (nSPS) is 16.5. The summed E-state index contributed by atoms with van der Waals surface area (Å²) in [5.41, 5.74) is 1.18. The molecule has 0 aliphatic carbocycles. The quantitative estimate of drug-likeness (QED) is 0.488. The largest absolute Gasteiger partial charge is 0.491 e. The number of ether oxygens (including phenoxy) is 1. The molecule has 190 valence electrons. The van der Waals surface area contributed by atoms with E-state index in [2.05, 4.69) is 20.5 Å². The van der Waals surface area contributed by atoms with Crippen molar-refractivity contribution in [2.24, 2.45) is 5.41 Å². The number of aliphatic hydroxyl groups excluding tert-OH is 1. The maximum absolute atomic E-state index is 15.7. The highest BCUT2D eigenvalue weighted by atomic mass is 19.1. The van der Waals surface area contributed by atoms with Crippen LogP contribution in [-0.2, 0) is 13.1 Å². The molecule has 2 aromatic carbocycles. The van der Waals surface area contributed by atoms with E-state index in [0.29, 0.717) is 44.6 Å². The van der Waals surface area contributed by atoms with E-state index in [1.54, 1.807) is 12.1 Å². The molecule has 36 heavy (non-hydrogen) atoms. The SMILES string of the molecule is COc1c(F)ccc(C(F)C2(CO)CCN(Cc3cnc(C)n3Cc3ccc(C#N)cc3)CC2)c1F. The topological polar surface area (TPSA) is 74.3 Å². The molecule has 0 saturated carbocycles. The minimum atomic E-state index is -1.80. The zero-order valence-electron chi connectivity index (χ0n) is 20.3. The van der Waals surface area contributed by atoms with Gasteiger partial charge in [-0.05, 0) is 62.7 Å². The number of methoxy groups -OCH3 is 1. The molecule has 1 N–H and O–H groups in total. The van der Waals surface area contributed by atoms with Crippen molar-refractivity contribution in [2.75, 3.05) is 26.8 Å². The van der Waals surface area contributed by atoms with E-state index in [1.807, 2.05) is 25.3 Å². The van der Waals surface area contributed by atoms with E-state index in [4.69, 9.17) is 10.00 Å². The summed E-state index contributed by atoms with van der Waals surface area (Å²) in [6.07, 6.45) is 0.646. The van der Waals surface area contributed by atoms with Gasteiger partial charge < -0.3 is 14.4 Å². The maximum Gasteiger partial charge on any atom is 0.190 e. The Morgan fingerprint density at radius 1 is 1.14 bits per heavy atom. The Morgan fingerprint density at radius 3 is 2.44 bits per heavy atom. The van der Waals surface area contributed by atoms with Crippen LogP contribution < -0.4 is 4.74 Å². The average Bonchev–Trinajstić information content (AvgIpc) is 3.23. The first-order chi connectivity index (χ1) is 17.3. The first kappa shape index (κ1) is 25.7. The molecular formula is C27H29F3N4O2. The van der Waals surface area contributed by atoms with Gasteiger partial charge in [0.25, 0.3) is 0 Å². The van der Waals surface area contributed by atoms with Crippen molar-refractivity contribution in [1.82, 2.24) is 14.5 Å². The van der Waals surface area contributed by atoms with Crippen LogP contribution in [0.4, 0.5) is 13.2 Å². The molecule has 1 fully saturated rings. The van der Waals surface area contributed by atoms with Gasteiger partial charge in [0.1, 0.15) is 12.0 Å². The highest BCUT2D eigenvalue weighted by Crippen LogP contribution is 2.47. The number of aromatic nitrogens is 2. The number of imidazole rings is 1. The number of aryl methyl sites for hydroxylation is 1. The summed E-state index contributed by atoms with van der Waals surface area (Å²) in [7, 11) is 1.13. The number of likely N-dealkylation sites (tertiary alicyclic amines) is 1. The zero-order valence-corrected chi connectivity index (χ0v) is 20.3. The molecule has 1 atom stereocenters. The smallest absolute Gasteiger partial charge is 0.190 e. The molecule has 1 aliphatic rings. The standard InChI is InChI=1S/C27H29F3N4O2/c1-18-32-14-21(34(18)15-20-5-3-19(13-31)4-6-20)16-33-11-9-27(17-35,10-12-33)26(30)22-7-8-23(28)25(36-2)24(22)29/h3-8,14,26,35H,9-12,15-17H2,1-2H3. The highest BCUT2D eigenvalue weighted by molar-refractivity contribution is 5.35. The van der Waals surface area contributed by atoms with Crippen molar-refractivity contribution in [3.05, 3.63) is 82.4 Å². The van der Waals surface area contributed by atoms with Crippen LogP contribution in [0.1, 0.15) is 47.2 Å². The fourth-order valence-corrected chi connectivity index (χ4v) is 4.86. The van der Waals surface area contributed by atoms with Gasteiger partial charge in [0.2, 0.25) is 0 Å². The van der Waals surface area contributed by atoms with Crippen LogP contribution in [0.3, 0.4) is 0 Å². The summed E-state index contributed by atoms with van der Waals surface area (Å²) >= 11 is 0. The third-order valence-corrected chi connectivity index (χ3v) is 7.21. The molecule has 0 radical (unpaired) electrons. The molecule has 2 heterocycles. The van der Waals surface area contributed by atoms with Gasteiger partial charge >= 0.3 is 0 Å². The average molecular weight is 499 g/mol. The maximum atomic E-state index is 15.7. The molecule has 4 rings (SSSR count). The van der Waals surface area contributed by atoms with Crippen molar-refractivity contribution >= 4 is 0 Å². The minimum Gasteiger partial charge on any atom is -0.491 e. The first-order valence-corrected chi connectivity index (χ1v) is 11.8. The molecule has 9 heteroatoms. The summed E-state index contributed by atoms with van der Waals surface area (Å²) in [5, 5.41) is 19.2. The first-order valence-electron chi connectivity index (χ1n) is 11.8. The van der Waals surface area contributed by atoms with E-state index in [9.17, 15) is 13.9 Å². The summed E-state index contributed by atoms with van der Waals surface area (Å²) in [6.45, 7) is 3.69. The molecule has 1 saturated heterocycles. The second-order valence-corrected chi connectivity index (χ2v) is 9.33. The number of benzene rings is 2. The Balaban J connectivity index is 1.46. The number of nitriles is 1. The Kier molecular flexibility index (Phi) is 7.67. The summed E-state index contributed by atoms with van der Waals surface area (Å²) in [4.78, 5) is 6.62. The van der Waals surface area contributed by atoms with Gasteiger partial charge in [0, 0.05) is 30.3 Å². The third-order valence-electron chi connectivity index (χ3n) is 7.21. The van der Waals surface area contributed by atoms with Crippen molar-refractivity contribution in [3.8, 4) is 11.8 Å². The number of hydrogen-bond acceptors (Lipinski definition) is 5. The van der Waals surface area contributed by atoms with Crippen LogP contribution in [0.15, 0.2) is 42.6 Å². The number of rotatable bonds is 8. The van der Waals surface area contributed by atoms with Gasteiger partial charge in [-0.3, -0.25) is 4.90 Å². The van der Waals surface area contributed by atoms with Gasteiger partial charge in [-0.1, -0.05) is 12.1 Å². The van der Waals surface area contributed by atoms with Gasteiger partial charge in [-0.25, -0.2) is 18.2 Å². The number of nitrogens with zero attached hydrogens (tertiary/aromatic N) is 4. The Morgan fingerprint density at radius 2 is 1.83 bits per heavy atom. The molecular weight excluding hydrogens is 469 g/mol. The van der Waals surface area contributed by atoms with Crippen LogP contribution in [0, 0.1) is 35.3 Å². The molecule has 0 amide bonds. The highest BCUT2D eigenvalue weighted by Gasteiger charge is 2.44. The second kappa shape index (κ2) is 10.7. The number of alkyl halides is 1. The fourth-order valence-electron chi connectivity index (χ4n) is 4.86. The van der Waals surface area contributed by atoms with Crippen LogP contribution in [0.25, 0.3) is 0 Å². The Hall–Kier alpha value is -3.35. The molecule has 6 nitrogen and oxygen atoms in total. The number of aliphatic hydroxyl groups is 1. The van der Waals surface area contributed by atoms with Gasteiger partial charge in [-0.2, -0.15) is 5.26 Å². The van der Waals surface area contributed by atoms with Gasteiger partial charge in [0.05, 0.1) is 31.0 Å². The van der Waals surface area contributed by atoms with Crippen molar-refractivity contribution in [1.29, 1.82) is 5.26 Å². The number of piperidine rings is 1. The lowest BCUT2D eigenvalue weighted by molar-refractivity contribution is -0.0246. The number of hydrogen-bond donors (Lipinski definition) is 1. The molecule has 3 aromatic rings. The van der Waals surface area contributed by atoms with E-state index in [0.717, 1.165) is 36.3 Å². The second-order valence-electron chi connectivity index (χ2n) is 9.33. The Labute approximate surface area is 208 Å². The van der Waals surface area contributed by atoms with Crippen molar-refractivity contribution < 1.29 is 23.0 Å². The molecule has 1 aliphatic heterocycles. The predicted molar refractivity (Wildman–Crippen MR) is 128 cm³/mol. The van der Waals surface area contributed by atoms with Crippen molar-refractivity contribution in [2.45, 2.75) is 39.0 Å². The fraction of sp³-hybridized carbons (Fsp3) is 0.407.